The molecule has 1 N–H and O–H groups in total. The summed E-state index contributed by atoms with van der Waals surface area (Å²) < 4.78 is 1.98. The highest BCUT2D eigenvalue weighted by Crippen LogP contribution is 2.43. The number of hydrogen-bond donors (Lipinski definition) is 1. The quantitative estimate of drug-likeness (QED) is 0.771. The minimum atomic E-state index is 0.583. The van der Waals surface area contributed by atoms with E-state index in [1.807, 2.05) is 11.7 Å². The zero-order valence-electron chi connectivity index (χ0n) is 8.66. The molecule has 0 bridgehead atoms. The van der Waals surface area contributed by atoms with Crippen LogP contribution in [0.5, 0.6) is 0 Å². The Hall–Kier alpha value is -0.830. The highest BCUT2D eigenvalue weighted by molar-refractivity contribution is 5.28. The Labute approximate surface area is 84.5 Å². The Balaban J connectivity index is 1.93. The van der Waals surface area contributed by atoms with E-state index in [-0.39, 0.29) is 0 Å². The van der Waals surface area contributed by atoms with Crippen LogP contribution in [0.15, 0.2) is 6.20 Å². The summed E-state index contributed by atoms with van der Waals surface area (Å²) in [5.41, 5.74) is 2.83. The maximum atomic E-state index is 4.59. The van der Waals surface area contributed by atoms with Crippen molar-refractivity contribution >= 4 is 0 Å². The van der Waals surface area contributed by atoms with Crippen LogP contribution >= 0.6 is 0 Å². The van der Waals surface area contributed by atoms with Crippen LogP contribution in [0, 0.1) is 0 Å². The smallest absolute Gasteiger partial charge is 0.0703 e. The average Bonchev–Trinajstić information content (AvgIpc) is 2.74. The molecule has 2 aliphatic rings. The molecular weight excluding hydrogens is 174 g/mol. The summed E-state index contributed by atoms with van der Waals surface area (Å²) in [5.74, 6) is 0.772. The monoisotopic (exact) mass is 191 g/mol. The van der Waals surface area contributed by atoms with Gasteiger partial charge in [-0.1, -0.05) is 0 Å². The summed E-state index contributed by atoms with van der Waals surface area (Å²) in [4.78, 5) is 0. The second kappa shape index (κ2) is 3.09. The van der Waals surface area contributed by atoms with Gasteiger partial charge in [-0.25, -0.2) is 0 Å². The van der Waals surface area contributed by atoms with Crippen LogP contribution in [0.25, 0.3) is 0 Å². The van der Waals surface area contributed by atoms with Crippen LogP contribution in [-0.4, -0.2) is 16.3 Å². The number of nitrogens with one attached hydrogen (secondary N) is 1. The Morgan fingerprint density at radius 1 is 1.43 bits per heavy atom. The van der Waals surface area contributed by atoms with Gasteiger partial charge in [0.25, 0.3) is 0 Å². The zero-order chi connectivity index (χ0) is 9.54. The molecule has 2 fully saturated rings. The average molecular weight is 191 g/mol. The van der Waals surface area contributed by atoms with Crippen molar-refractivity contribution in [2.45, 2.75) is 37.6 Å². The normalized spacial score (nSPS) is 27.1. The van der Waals surface area contributed by atoms with E-state index in [1.54, 1.807) is 0 Å². The Morgan fingerprint density at radius 2 is 2.29 bits per heavy atom. The van der Waals surface area contributed by atoms with Crippen molar-refractivity contribution in [1.29, 1.82) is 0 Å². The third-order valence-electron chi connectivity index (χ3n) is 3.29. The summed E-state index contributed by atoms with van der Waals surface area (Å²) in [6.07, 6.45) is 7.49. The van der Waals surface area contributed by atoms with Gasteiger partial charge in [0.2, 0.25) is 0 Å². The summed E-state index contributed by atoms with van der Waals surface area (Å²) in [6, 6.07) is 0.583. The standard InChI is InChI=1S/C11H17N3/c1-14-7-9(10-3-2-6-12-10)11(13-14)8-4-5-8/h7-8,10,12H,2-6H2,1H3. The predicted molar refractivity (Wildman–Crippen MR) is 55.2 cm³/mol. The predicted octanol–water partition coefficient (Wildman–Crippen LogP) is 1.72. The third-order valence-corrected chi connectivity index (χ3v) is 3.29. The largest absolute Gasteiger partial charge is 0.310 e. The van der Waals surface area contributed by atoms with E-state index in [0.717, 1.165) is 5.92 Å². The molecule has 3 rings (SSSR count). The molecule has 1 aromatic heterocycles. The molecule has 14 heavy (non-hydrogen) atoms. The maximum absolute atomic E-state index is 4.59. The second-order valence-electron chi connectivity index (χ2n) is 4.57. The second-order valence-corrected chi connectivity index (χ2v) is 4.57. The van der Waals surface area contributed by atoms with Crippen LogP contribution in [-0.2, 0) is 7.05 Å². The molecule has 1 aliphatic carbocycles. The molecule has 1 saturated carbocycles. The lowest BCUT2D eigenvalue weighted by Gasteiger charge is -2.09. The SMILES string of the molecule is Cn1cc(C2CCCN2)c(C2CC2)n1. The highest BCUT2D eigenvalue weighted by Gasteiger charge is 2.32. The van der Waals surface area contributed by atoms with Gasteiger partial charge in [0.05, 0.1) is 5.69 Å². The van der Waals surface area contributed by atoms with E-state index < -0.39 is 0 Å². The molecule has 0 radical (unpaired) electrons. The van der Waals surface area contributed by atoms with Crippen molar-refractivity contribution < 1.29 is 0 Å². The van der Waals surface area contributed by atoms with Crippen molar-refractivity contribution in [3.8, 4) is 0 Å². The van der Waals surface area contributed by atoms with Crippen LogP contribution in [0.2, 0.25) is 0 Å². The van der Waals surface area contributed by atoms with Crippen molar-refractivity contribution in [3.05, 3.63) is 17.5 Å². The van der Waals surface area contributed by atoms with Gasteiger partial charge in [-0.2, -0.15) is 5.10 Å². The first kappa shape index (κ1) is 8.48. The van der Waals surface area contributed by atoms with Gasteiger partial charge in [-0.15, -0.1) is 0 Å². The first-order chi connectivity index (χ1) is 6.84. The fourth-order valence-electron chi connectivity index (χ4n) is 2.42. The minimum absolute atomic E-state index is 0.583. The van der Waals surface area contributed by atoms with E-state index in [9.17, 15) is 0 Å². The number of aryl methyl sites for hydroxylation is 1. The van der Waals surface area contributed by atoms with Crippen LogP contribution in [0.4, 0.5) is 0 Å². The summed E-state index contributed by atoms with van der Waals surface area (Å²) in [6.45, 7) is 1.17. The van der Waals surface area contributed by atoms with Gasteiger partial charge in [-0.05, 0) is 32.2 Å². The lowest BCUT2D eigenvalue weighted by molar-refractivity contribution is 0.640. The lowest BCUT2D eigenvalue weighted by Crippen LogP contribution is -2.13. The molecule has 1 saturated heterocycles. The number of hydrogen-bond acceptors (Lipinski definition) is 2. The lowest BCUT2D eigenvalue weighted by atomic mass is 10.0. The van der Waals surface area contributed by atoms with Crippen molar-refractivity contribution in [3.63, 3.8) is 0 Å². The maximum Gasteiger partial charge on any atom is 0.0703 e. The number of rotatable bonds is 2. The molecule has 1 atom stereocenters. The molecule has 3 heteroatoms. The first-order valence-electron chi connectivity index (χ1n) is 5.61. The van der Waals surface area contributed by atoms with Crippen LogP contribution < -0.4 is 5.32 Å². The molecular formula is C11H17N3. The third kappa shape index (κ3) is 1.36. The molecule has 0 amide bonds. The molecule has 1 aromatic rings. The van der Waals surface area contributed by atoms with E-state index >= 15 is 0 Å². The fourth-order valence-corrected chi connectivity index (χ4v) is 2.42. The topological polar surface area (TPSA) is 29.9 Å². The van der Waals surface area contributed by atoms with E-state index in [2.05, 4.69) is 16.6 Å². The zero-order valence-corrected chi connectivity index (χ0v) is 8.66. The summed E-state index contributed by atoms with van der Waals surface area (Å²) >= 11 is 0. The van der Waals surface area contributed by atoms with Gasteiger partial charge in [0.1, 0.15) is 0 Å². The molecule has 2 heterocycles. The van der Waals surface area contributed by atoms with Crippen LogP contribution in [0.3, 0.4) is 0 Å². The molecule has 76 valence electrons. The summed E-state index contributed by atoms with van der Waals surface area (Å²) in [7, 11) is 2.03. The van der Waals surface area contributed by atoms with Gasteiger partial charge in [-0.3, -0.25) is 4.68 Å². The number of aromatic nitrogens is 2. The summed E-state index contributed by atoms with van der Waals surface area (Å²) in [5, 5.41) is 8.15. The number of nitrogens with zero attached hydrogens (tertiary/aromatic N) is 2. The van der Waals surface area contributed by atoms with Gasteiger partial charge >= 0.3 is 0 Å². The van der Waals surface area contributed by atoms with E-state index in [0.29, 0.717) is 6.04 Å². The molecule has 3 nitrogen and oxygen atoms in total. The first-order valence-corrected chi connectivity index (χ1v) is 5.61. The molecule has 0 aromatic carbocycles. The van der Waals surface area contributed by atoms with Gasteiger partial charge in [0.15, 0.2) is 0 Å². The van der Waals surface area contributed by atoms with Crippen LogP contribution in [0.1, 0.15) is 48.9 Å². The Bertz CT molecular complexity index is 332. The molecule has 0 spiro atoms. The van der Waals surface area contributed by atoms with E-state index in [4.69, 9.17) is 0 Å². The molecule has 1 aliphatic heterocycles. The fraction of sp³-hybridized carbons (Fsp3) is 0.727. The van der Waals surface area contributed by atoms with Crippen molar-refractivity contribution in [2.24, 2.45) is 7.05 Å². The molecule has 1 unspecified atom stereocenters. The Morgan fingerprint density at radius 3 is 2.93 bits per heavy atom. The van der Waals surface area contributed by atoms with Crippen molar-refractivity contribution in [2.75, 3.05) is 6.54 Å². The minimum Gasteiger partial charge on any atom is -0.310 e. The highest BCUT2D eigenvalue weighted by atomic mass is 15.3. The van der Waals surface area contributed by atoms with E-state index in [1.165, 1.54) is 43.5 Å². The van der Waals surface area contributed by atoms with Crippen molar-refractivity contribution in [1.82, 2.24) is 15.1 Å². The van der Waals surface area contributed by atoms with Gasteiger partial charge < -0.3 is 5.32 Å². The van der Waals surface area contributed by atoms with Gasteiger partial charge in [0, 0.05) is 30.8 Å². The Kier molecular flexibility index (Phi) is 1.87.